The molecule has 3 rings (SSSR count). The van der Waals surface area contributed by atoms with E-state index in [4.69, 9.17) is 0 Å². The molecule has 0 aromatic heterocycles. The molecule has 0 bridgehead atoms. The first-order valence-corrected chi connectivity index (χ1v) is 7.54. The Hall–Kier alpha value is -2.61. The minimum absolute atomic E-state index is 0.991. The molecule has 0 heterocycles. The van der Waals surface area contributed by atoms with Crippen LogP contribution in [0.25, 0.3) is 5.57 Å². The minimum Gasteiger partial charge on any atom is -0.279 e. The van der Waals surface area contributed by atoms with Crippen molar-refractivity contribution in [2.75, 3.05) is 5.43 Å². The Balaban J connectivity index is 1.82. The van der Waals surface area contributed by atoms with E-state index in [1.165, 1.54) is 22.3 Å². The third-order valence-corrected chi connectivity index (χ3v) is 3.85. The summed E-state index contributed by atoms with van der Waals surface area (Å²) in [5.41, 5.74) is 10.7. The zero-order valence-corrected chi connectivity index (χ0v) is 13.0. The Labute approximate surface area is 131 Å². The number of hydrazone groups is 1. The van der Waals surface area contributed by atoms with Crippen LogP contribution in [0, 0.1) is 0 Å². The summed E-state index contributed by atoms with van der Waals surface area (Å²) in [6.45, 7) is 4.37. The molecule has 0 fully saturated rings. The molecule has 0 saturated heterocycles. The van der Waals surface area contributed by atoms with E-state index < -0.39 is 0 Å². The third kappa shape index (κ3) is 3.17. The van der Waals surface area contributed by atoms with E-state index in [-0.39, 0.29) is 0 Å². The summed E-state index contributed by atoms with van der Waals surface area (Å²) in [4.78, 5) is 0. The van der Waals surface area contributed by atoms with Crippen LogP contribution in [-0.2, 0) is 0 Å². The van der Waals surface area contributed by atoms with Crippen molar-refractivity contribution in [1.29, 1.82) is 0 Å². The lowest BCUT2D eigenvalue weighted by atomic mass is 9.96. The fourth-order valence-corrected chi connectivity index (χ4v) is 2.81. The van der Waals surface area contributed by atoms with Gasteiger partial charge in [-0.05, 0) is 49.1 Å². The number of hydrogen-bond donors (Lipinski definition) is 1. The smallest absolute Gasteiger partial charge is 0.0561 e. The number of benzene rings is 2. The summed E-state index contributed by atoms with van der Waals surface area (Å²) in [6, 6.07) is 18.4. The van der Waals surface area contributed by atoms with Crippen molar-refractivity contribution in [1.82, 2.24) is 0 Å². The quantitative estimate of drug-likeness (QED) is 0.602. The summed E-state index contributed by atoms with van der Waals surface area (Å²) < 4.78 is 0. The fourth-order valence-electron chi connectivity index (χ4n) is 2.81. The van der Waals surface area contributed by atoms with Crippen molar-refractivity contribution in [3.8, 4) is 0 Å². The Morgan fingerprint density at radius 1 is 0.955 bits per heavy atom. The van der Waals surface area contributed by atoms with Gasteiger partial charge in [0.15, 0.2) is 0 Å². The maximum atomic E-state index is 4.37. The van der Waals surface area contributed by atoms with Gasteiger partial charge >= 0.3 is 0 Å². The van der Waals surface area contributed by atoms with Gasteiger partial charge in [-0.25, -0.2) is 0 Å². The van der Waals surface area contributed by atoms with Gasteiger partial charge in [0.1, 0.15) is 0 Å². The SMILES string of the molecule is CC1=CC(C)=C(c2ccccc2C=NNc2ccccc2)C1. The highest BCUT2D eigenvalue weighted by Gasteiger charge is 2.14. The monoisotopic (exact) mass is 288 g/mol. The fraction of sp³-hybridized carbons (Fsp3) is 0.150. The molecule has 0 saturated carbocycles. The number of hydrogen-bond acceptors (Lipinski definition) is 2. The minimum atomic E-state index is 0.991. The average molecular weight is 288 g/mol. The number of nitrogens with zero attached hydrogens (tertiary/aromatic N) is 1. The highest BCUT2D eigenvalue weighted by molar-refractivity contribution is 5.91. The summed E-state index contributed by atoms with van der Waals surface area (Å²) in [5.74, 6) is 0. The second-order valence-corrected chi connectivity index (χ2v) is 5.65. The van der Waals surface area contributed by atoms with Crippen LogP contribution in [0.2, 0.25) is 0 Å². The lowest BCUT2D eigenvalue weighted by molar-refractivity contribution is 1.26. The summed E-state index contributed by atoms with van der Waals surface area (Å²) in [5, 5.41) is 4.37. The number of allylic oxidation sites excluding steroid dienone is 4. The molecular formula is C20H20N2. The summed E-state index contributed by atoms with van der Waals surface area (Å²) in [6.07, 6.45) is 5.20. The van der Waals surface area contributed by atoms with Gasteiger partial charge in [-0.1, -0.05) is 54.1 Å². The van der Waals surface area contributed by atoms with Gasteiger partial charge in [0.05, 0.1) is 11.9 Å². The molecule has 1 aliphatic rings. The molecule has 22 heavy (non-hydrogen) atoms. The van der Waals surface area contributed by atoms with Gasteiger partial charge in [0, 0.05) is 5.56 Å². The Kier molecular flexibility index (Phi) is 4.19. The van der Waals surface area contributed by atoms with Gasteiger partial charge in [-0.2, -0.15) is 5.10 Å². The first-order valence-electron chi connectivity index (χ1n) is 7.54. The number of anilines is 1. The van der Waals surface area contributed by atoms with Crippen LogP contribution in [0.4, 0.5) is 5.69 Å². The second-order valence-electron chi connectivity index (χ2n) is 5.65. The van der Waals surface area contributed by atoms with Gasteiger partial charge in [0.25, 0.3) is 0 Å². The van der Waals surface area contributed by atoms with Crippen molar-refractivity contribution in [3.05, 3.63) is 82.9 Å². The van der Waals surface area contributed by atoms with Crippen LogP contribution in [0.1, 0.15) is 31.4 Å². The maximum Gasteiger partial charge on any atom is 0.0561 e. The Bertz CT molecular complexity index is 752. The van der Waals surface area contributed by atoms with Crippen LogP contribution in [0.3, 0.4) is 0 Å². The molecule has 0 atom stereocenters. The molecule has 0 amide bonds. The highest BCUT2D eigenvalue weighted by atomic mass is 15.3. The molecule has 0 spiro atoms. The van der Waals surface area contributed by atoms with E-state index in [1.54, 1.807) is 0 Å². The zero-order chi connectivity index (χ0) is 15.4. The maximum absolute atomic E-state index is 4.37. The van der Waals surface area contributed by atoms with Gasteiger partial charge in [-0.3, -0.25) is 5.43 Å². The van der Waals surface area contributed by atoms with Crippen LogP contribution in [0.5, 0.6) is 0 Å². The average Bonchev–Trinajstić information content (AvgIpc) is 2.87. The van der Waals surface area contributed by atoms with Gasteiger partial charge < -0.3 is 0 Å². The zero-order valence-electron chi connectivity index (χ0n) is 13.0. The Morgan fingerprint density at radius 2 is 1.68 bits per heavy atom. The molecule has 1 N–H and O–H groups in total. The lowest BCUT2D eigenvalue weighted by Gasteiger charge is -2.09. The van der Waals surface area contributed by atoms with E-state index in [2.05, 4.69) is 54.7 Å². The third-order valence-electron chi connectivity index (χ3n) is 3.85. The standard InChI is InChI=1S/C20H20N2/c1-15-12-16(2)20(13-15)19-11-7-6-8-17(19)14-21-22-18-9-4-3-5-10-18/h3-12,14,22H,13H2,1-2H3. The first kappa shape index (κ1) is 14.3. The van der Waals surface area contributed by atoms with Crippen LogP contribution in [-0.4, -0.2) is 6.21 Å². The van der Waals surface area contributed by atoms with Crippen molar-refractivity contribution in [2.24, 2.45) is 5.10 Å². The first-order chi connectivity index (χ1) is 10.7. The van der Waals surface area contributed by atoms with Crippen LogP contribution in [0.15, 0.2) is 76.9 Å². The molecule has 2 aromatic rings. The molecule has 0 aliphatic heterocycles. The molecule has 110 valence electrons. The topological polar surface area (TPSA) is 24.4 Å². The van der Waals surface area contributed by atoms with E-state index in [0.29, 0.717) is 0 Å². The molecule has 2 aromatic carbocycles. The predicted molar refractivity (Wildman–Crippen MR) is 95.1 cm³/mol. The second kappa shape index (κ2) is 6.44. The van der Waals surface area contributed by atoms with Gasteiger partial charge in [0.2, 0.25) is 0 Å². The van der Waals surface area contributed by atoms with Crippen molar-refractivity contribution in [3.63, 3.8) is 0 Å². The molecule has 1 aliphatic carbocycles. The highest BCUT2D eigenvalue weighted by Crippen LogP contribution is 2.33. The van der Waals surface area contributed by atoms with Crippen molar-refractivity contribution >= 4 is 17.5 Å². The molecule has 0 radical (unpaired) electrons. The lowest BCUT2D eigenvalue weighted by Crippen LogP contribution is -1.95. The van der Waals surface area contributed by atoms with E-state index >= 15 is 0 Å². The summed E-state index contributed by atoms with van der Waals surface area (Å²) >= 11 is 0. The molecular weight excluding hydrogens is 268 g/mol. The Morgan fingerprint density at radius 3 is 2.41 bits per heavy atom. The van der Waals surface area contributed by atoms with E-state index in [0.717, 1.165) is 17.7 Å². The largest absolute Gasteiger partial charge is 0.279 e. The van der Waals surface area contributed by atoms with Crippen LogP contribution >= 0.6 is 0 Å². The molecule has 0 unspecified atom stereocenters. The number of para-hydroxylation sites is 1. The number of rotatable bonds is 4. The molecule has 2 heteroatoms. The van der Waals surface area contributed by atoms with Gasteiger partial charge in [-0.15, -0.1) is 0 Å². The van der Waals surface area contributed by atoms with Crippen molar-refractivity contribution < 1.29 is 0 Å². The van der Waals surface area contributed by atoms with E-state index in [9.17, 15) is 0 Å². The molecule has 2 nitrogen and oxygen atoms in total. The normalized spacial score (nSPS) is 14.5. The predicted octanol–water partition coefficient (Wildman–Crippen LogP) is 5.26. The van der Waals surface area contributed by atoms with E-state index in [1.807, 2.05) is 36.5 Å². The number of nitrogens with one attached hydrogen (secondary N) is 1. The summed E-state index contributed by atoms with van der Waals surface area (Å²) in [7, 11) is 0. The van der Waals surface area contributed by atoms with Crippen molar-refractivity contribution in [2.45, 2.75) is 20.3 Å². The van der Waals surface area contributed by atoms with Crippen LogP contribution < -0.4 is 5.43 Å².